The molecule has 2 heterocycles. The third-order valence-electron chi connectivity index (χ3n) is 5.15. The van der Waals surface area contributed by atoms with Gasteiger partial charge in [0.2, 0.25) is 11.9 Å². The van der Waals surface area contributed by atoms with Crippen LogP contribution in [0.25, 0.3) is 0 Å². The molecule has 126 valence electrons. The molecule has 2 aliphatic rings. The van der Waals surface area contributed by atoms with Gasteiger partial charge in [0.1, 0.15) is 0 Å². The minimum atomic E-state index is 0.0662. The fourth-order valence-electron chi connectivity index (χ4n) is 3.74. The van der Waals surface area contributed by atoms with Crippen LogP contribution in [-0.2, 0) is 4.79 Å². The van der Waals surface area contributed by atoms with Crippen molar-refractivity contribution in [2.75, 3.05) is 24.5 Å². The highest BCUT2D eigenvalue weighted by atomic mass is 16.1. The summed E-state index contributed by atoms with van der Waals surface area (Å²) in [6.07, 6.45) is 10.3. The number of nitrogens with zero attached hydrogens (tertiary/aromatic N) is 3. The number of piperidine rings is 1. The predicted octanol–water partition coefficient (Wildman–Crippen LogP) is 2.70. The first-order chi connectivity index (χ1) is 11.2. The summed E-state index contributed by atoms with van der Waals surface area (Å²) < 4.78 is 0. The van der Waals surface area contributed by atoms with Crippen LogP contribution >= 0.6 is 0 Å². The van der Waals surface area contributed by atoms with Crippen molar-refractivity contribution >= 4 is 11.9 Å². The lowest BCUT2D eigenvalue weighted by Gasteiger charge is -2.32. The number of aryl methyl sites for hydroxylation is 1. The van der Waals surface area contributed by atoms with Crippen molar-refractivity contribution in [3.8, 4) is 0 Å². The van der Waals surface area contributed by atoms with Gasteiger partial charge in [-0.15, -0.1) is 0 Å². The number of nitrogens with one attached hydrogen (secondary N) is 1. The van der Waals surface area contributed by atoms with Gasteiger partial charge in [0.25, 0.3) is 0 Å². The van der Waals surface area contributed by atoms with Crippen molar-refractivity contribution in [1.82, 2.24) is 15.3 Å². The summed E-state index contributed by atoms with van der Waals surface area (Å²) >= 11 is 0. The molecule has 0 spiro atoms. The summed E-state index contributed by atoms with van der Waals surface area (Å²) in [4.78, 5) is 23.5. The molecule has 1 saturated carbocycles. The van der Waals surface area contributed by atoms with Crippen molar-refractivity contribution in [2.45, 2.75) is 51.9 Å². The molecule has 1 aliphatic carbocycles. The molecular formula is C18H28N4O. The molecule has 1 aliphatic heterocycles. The Hall–Kier alpha value is -1.65. The summed E-state index contributed by atoms with van der Waals surface area (Å²) in [7, 11) is 0. The standard InChI is InChI=1S/C18H28N4O/c1-14-9-10-19-18(21-14)22-11-5-8-16(13-22)17(23)20-12-15-6-3-2-4-7-15/h9-10,15-16H,2-8,11-13H2,1H3,(H,20,23)/t16-/m0/s1. The van der Waals surface area contributed by atoms with E-state index in [2.05, 4.69) is 20.2 Å². The van der Waals surface area contributed by atoms with E-state index in [-0.39, 0.29) is 11.8 Å². The summed E-state index contributed by atoms with van der Waals surface area (Å²) in [6, 6.07) is 1.90. The number of carbonyl (C=O) groups is 1. The van der Waals surface area contributed by atoms with Gasteiger partial charge in [-0.1, -0.05) is 19.3 Å². The third-order valence-corrected chi connectivity index (χ3v) is 5.15. The quantitative estimate of drug-likeness (QED) is 0.928. The van der Waals surface area contributed by atoms with Gasteiger partial charge >= 0.3 is 0 Å². The molecule has 5 heteroatoms. The second kappa shape index (κ2) is 7.75. The lowest BCUT2D eigenvalue weighted by molar-refractivity contribution is -0.125. The van der Waals surface area contributed by atoms with Gasteiger partial charge in [0.05, 0.1) is 5.92 Å². The molecule has 0 aromatic carbocycles. The SMILES string of the molecule is Cc1ccnc(N2CCC[C@H](C(=O)NCC3CCCCC3)C2)n1. The Morgan fingerprint density at radius 2 is 2.09 bits per heavy atom. The molecule has 1 aromatic heterocycles. The van der Waals surface area contributed by atoms with Gasteiger partial charge in [-0.3, -0.25) is 4.79 Å². The van der Waals surface area contributed by atoms with Crippen LogP contribution < -0.4 is 10.2 Å². The minimum absolute atomic E-state index is 0.0662. The molecule has 3 rings (SSSR count). The number of aromatic nitrogens is 2. The number of hydrogen-bond acceptors (Lipinski definition) is 4. The molecule has 5 nitrogen and oxygen atoms in total. The number of anilines is 1. The van der Waals surface area contributed by atoms with Crippen molar-refractivity contribution < 1.29 is 4.79 Å². The summed E-state index contributed by atoms with van der Waals surface area (Å²) in [6.45, 7) is 4.51. The summed E-state index contributed by atoms with van der Waals surface area (Å²) in [5.74, 6) is 1.73. The Morgan fingerprint density at radius 3 is 2.87 bits per heavy atom. The van der Waals surface area contributed by atoms with E-state index in [0.717, 1.165) is 44.1 Å². The molecule has 0 unspecified atom stereocenters. The molecular weight excluding hydrogens is 288 g/mol. The van der Waals surface area contributed by atoms with E-state index in [1.165, 1.54) is 32.1 Å². The molecule has 1 aromatic rings. The van der Waals surface area contributed by atoms with Gasteiger partial charge in [-0.25, -0.2) is 9.97 Å². The van der Waals surface area contributed by atoms with Crippen LogP contribution in [0.5, 0.6) is 0 Å². The number of amides is 1. The lowest BCUT2D eigenvalue weighted by Crippen LogP contribution is -2.44. The maximum atomic E-state index is 12.5. The largest absolute Gasteiger partial charge is 0.356 e. The van der Waals surface area contributed by atoms with Gasteiger partial charge in [-0.05, 0) is 44.6 Å². The smallest absolute Gasteiger partial charge is 0.225 e. The van der Waals surface area contributed by atoms with Crippen LogP contribution in [-0.4, -0.2) is 35.5 Å². The van der Waals surface area contributed by atoms with Crippen LogP contribution in [0.3, 0.4) is 0 Å². The first-order valence-electron chi connectivity index (χ1n) is 9.04. The fraction of sp³-hybridized carbons (Fsp3) is 0.722. The second-order valence-electron chi connectivity index (χ2n) is 7.03. The van der Waals surface area contributed by atoms with E-state index in [9.17, 15) is 4.79 Å². The van der Waals surface area contributed by atoms with Gasteiger partial charge < -0.3 is 10.2 Å². The van der Waals surface area contributed by atoms with E-state index in [4.69, 9.17) is 0 Å². The highest BCUT2D eigenvalue weighted by molar-refractivity contribution is 5.79. The maximum Gasteiger partial charge on any atom is 0.225 e. The zero-order chi connectivity index (χ0) is 16.1. The van der Waals surface area contributed by atoms with Crippen molar-refractivity contribution in [1.29, 1.82) is 0 Å². The van der Waals surface area contributed by atoms with Crippen molar-refractivity contribution in [2.24, 2.45) is 11.8 Å². The number of rotatable bonds is 4. The Bertz CT molecular complexity index is 528. The Labute approximate surface area is 138 Å². The summed E-state index contributed by atoms with van der Waals surface area (Å²) in [5.41, 5.74) is 0.971. The van der Waals surface area contributed by atoms with E-state index >= 15 is 0 Å². The average Bonchev–Trinajstić information content (AvgIpc) is 2.61. The van der Waals surface area contributed by atoms with Crippen LogP contribution in [0.15, 0.2) is 12.3 Å². The first kappa shape index (κ1) is 16.2. The van der Waals surface area contributed by atoms with Crippen molar-refractivity contribution in [3.63, 3.8) is 0 Å². The normalized spacial score (nSPS) is 22.8. The zero-order valence-electron chi connectivity index (χ0n) is 14.1. The Kier molecular flexibility index (Phi) is 5.47. The molecule has 1 amide bonds. The van der Waals surface area contributed by atoms with Crippen LogP contribution in [0.4, 0.5) is 5.95 Å². The van der Waals surface area contributed by atoms with Gasteiger partial charge in [0, 0.05) is 31.5 Å². The topological polar surface area (TPSA) is 58.1 Å². The predicted molar refractivity (Wildman–Crippen MR) is 91.3 cm³/mol. The van der Waals surface area contributed by atoms with Gasteiger partial charge in [-0.2, -0.15) is 0 Å². The highest BCUT2D eigenvalue weighted by Crippen LogP contribution is 2.24. The molecule has 1 N–H and O–H groups in total. The third kappa shape index (κ3) is 4.43. The van der Waals surface area contributed by atoms with Gasteiger partial charge in [0.15, 0.2) is 0 Å². The molecule has 1 atom stereocenters. The average molecular weight is 316 g/mol. The highest BCUT2D eigenvalue weighted by Gasteiger charge is 2.27. The maximum absolute atomic E-state index is 12.5. The lowest BCUT2D eigenvalue weighted by atomic mass is 9.89. The van der Waals surface area contributed by atoms with E-state index < -0.39 is 0 Å². The monoisotopic (exact) mass is 316 g/mol. The van der Waals surface area contributed by atoms with Crippen LogP contribution in [0.2, 0.25) is 0 Å². The van der Waals surface area contributed by atoms with E-state index in [1.807, 2.05) is 13.0 Å². The molecule has 0 radical (unpaired) electrons. The molecule has 1 saturated heterocycles. The second-order valence-corrected chi connectivity index (χ2v) is 7.03. The zero-order valence-corrected chi connectivity index (χ0v) is 14.1. The van der Waals surface area contributed by atoms with Crippen LogP contribution in [0.1, 0.15) is 50.6 Å². The van der Waals surface area contributed by atoms with Crippen molar-refractivity contribution in [3.05, 3.63) is 18.0 Å². The Morgan fingerprint density at radius 1 is 1.26 bits per heavy atom. The Balaban J connectivity index is 1.52. The fourth-order valence-corrected chi connectivity index (χ4v) is 3.74. The number of carbonyl (C=O) groups excluding carboxylic acids is 1. The van der Waals surface area contributed by atoms with E-state index in [0.29, 0.717) is 5.92 Å². The van der Waals surface area contributed by atoms with E-state index in [1.54, 1.807) is 6.20 Å². The first-order valence-corrected chi connectivity index (χ1v) is 9.04. The number of hydrogen-bond donors (Lipinski definition) is 1. The molecule has 23 heavy (non-hydrogen) atoms. The van der Waals surface area contributed by atoms with Crippen LogP contribution in [0, 0.1) is 18.8 Å². The molecule has 2 fully saturated rings. The minimum Gasteiger partial charge on any atom is -0.356 e. The summed E-state index contributed by atoms with van der Waals surface area (Å²) in [5, 5.41) is 3.20. The molecule has 0 bridgehead atoms.